The fourth-order valence-electron chi connectivity index (χ4n) is 1.76. The summed E-state index contributed by atoms with van der Waals surface area (Å²) in [5.41, 5.74) is 0. The zero-order valence-corrected chi connectivity index (χ0v) is 11.2. The summed E-state index contributed by atoms with van der Waals surface area (Å²) in [6.07, 6.45) is -0.427. The first-order valence-corrected chi connectivity index (χ1v) is 6.35. The maximum Gasteiger partial charge on any atom is 0.307 e. The molecule has 0 aliphatic rings. The number of hydrogen-bond acceptors (Lipinski definition) is 3. The van der Waals surface area contributed by atoms with Gasteiger partial charge < -0.3 is 14.6 Å². The quantitative estimate of drug-likeness (QED) is 0.870. The van der Waals surface area contributed by atoms with Crippen LogP contribution < -0.4 is 9.47 Å². The number of aliphatic carboxylic acids is 1. The highest BCUT2D eigenvalue weighted by Crippen LogP contribution is 2.25. The van der Waals surface area contributed by atoms with Crippen LogP contribution in [-0.4, -0.2) is 17.2 Å². The number of hydrogen-bond donors (Lipinski definition) is 1. The highest BCUT2D eigenvalue weighted by atomic mass is 16.5. The van der Waals surface area contributed by atoms with Gasteiger partial charge in [0, 0.05) is 6.07 Å². The Kier molecular flexibility index (Phi) is 4.60. The molecule has 0 saturated heterocycles. The Morgan fingerprint density at radius 2 is 1.70 bits per heavy atom. The Bertz CT molecular complexity index is 566. The molecule has 2 aromatic carbocycles. The predicted octanol–water partition coefficient (Wildman–Crippen LogP) is 3.72. The summed E-state index contributed by atoms with van der Waals surface area (Å²) in [7, 11) is 0. The van der Waals surface area contributed by atoms with E-state index in [-0.39, 0.29) is 12.5 Å². The van der Waals surface area contributed by atoms with E-state index in [9.17, 15) is 4.79 Å². The molecule has 0 spiro atoms. The largest absolute Gasteiger partial charge is 0.490 e. The molecule has 1 N–H and O–H groups in total. The van der Waals surface area contributed by atoms with Gasteiger partial charge in [0.2, 0.25) is 0 Å². The molecular weight excluding hydrogens is 256 g/mol. The molecule has 0 bridgehead atoms. The van der Waals surface area contributed by atoms with Gasteiger partial charge >= 0.3 is 5.97 Å². The highest BCUT2D eigenvalue weighted by Gasteiger charge is 2.09. The highest BCUT2D eigenvalue weighted by molar-refractivity contribution is 5.67. The normalized spacial score (nSPS) is 11.7. The zero-order chi connectivity index (χ0) is 14.4. The molecule has 1 unspecified atom stereocenters. The third kappa shape index (κ3) is 4.31. The summed E-state index contributed by atoms with van der Waals surface area (Å²) in [6.45, 7) is 1.72. The second kappa shape index (κ2) is 6.61. The summed E-state index contributed by atoms with van der Waals surface area (Å²) >= 11 is 0. The molecule has 20 heavy (non-hydrogen) atoms. The van der Waals surface area contributed by atoms with Crippen molar-refractivity contribution < 1.29 is 19.4 Å². The van der Waals surface area contributed by atoms with Gasteiger partial charge in [-0.25, -0.2) is 0 Å². The molecule has 0 radical (unpaired) electrons. The van der Waals surface area contributed by atoms with Gasteiger partial charge in [0.1, 0.15) is 23.4 Å². The van der Waals surface area contributed by atoms with Crippen LogP contribution in [0.15, 0.2) is 54.6 Å². The Morgan fingerprint density at radius 1 is 1.05 bits per heavy atom. The maximum absolute atomic E-state index is 10.6. The van der Waals surface area contributed by atoms with Crippen LogP contribution in [0.4, 0.5) is 0 Å². The molecule has 1 atom stereocenters. The molecule has 0 saturated carbocycles. The third-order valence-corrected chi connectivity index (χ3v) is 2.58. The zero-order valence-electron chi connectivity index (χ0n) is 11.2. The Morgan fingerprint density at radius 3 is 2.40 bits per heavy atom. The van der Waals surface area contributed by atoms with Crippen molar-refractivity contribution in [3.05, 3.63) is 54.6 Å². The summed E-state index contributed by atoms with van der Waals surface area (Å²) in [5.74, 6) is 1.10. The van der Waals surface area contributed by atoms with Gasteiger partial charge in [-0.1, -0.05) is 24.3 Å². The minimum Gasteiger partial charge on any atom is -0.490 e. The molecule has 0 aliphatic carbocycles. The predicted molar refractivity (Wildman–Crippen MR) is 75.3 cm³/mol. The van der Waals surface area contributed by atoms with E-state index in [1.54, 1.807) is 25.1 Å². The van der Waals surface area contributed by atoms with Gasteiger partial charge in [-0.3, -0.25) is 4.79 Å². The van der Waals surface area contributed by atoms with Crippen molar-refractivity contribution in [1.82, 2.24) is 0 Å². The SMILES string of the molecule is CC(CC(=O)O)Oc1cccc(Oc2ccccc2)c1. The molecule has 4 nitrogen and oxygen atoms in total. The van der Waals surface area contributed by atoms with Crippen molar-refractivity contribution in [2.45, 2.75) is 19.4 Å². The van der Waals surface area contributed by atoms with Crippen molar-refractivity contribution in [1.29, 1.82) is 0 Å². The smallest absolute Gasteiger partial charge is 0.307 e. The number of ether oxygens (including phenoxy) is 2. The van der Waals surface area contributed by atoms with Crippen LogP contribution in [0.5, 0.6) is 17.2 Å². The van der Waals surface area contributed by atoms with Crippen LogP contribution in [0.3, 0.4) is 0 Å². The first-order valence-electron chi connectivity index (χ1n) is 6.35. The van der Waals surface area contributed by atoms with Gasteiger partial charge in [-0.15, -0.1) is 0 Å². The van der Waals surface area contributed by atoms with E-state index >= 15 is 0 Å². The lowest BCUT2D eigenvalue weighted by Gasteiger charge is -2.13. The first kappa shape index (κ1) is 13.9. The number of benzene rings is 2. The molecule has 0 aliphatic heterocycles. The number of carboxylic acid groups (broad SMARTS) is 1. The van der Waals surface area contributed by atoms with E-state index in [1.165, 1.54) is 0 Å². The molecule has 104 valence electrons. The van der Waals surface area contributed by atoms with Crippen LogP contribution >= 0.6 is 0 Å². The lowest BCUT2D eigenvalue weighted by molar-refractivity contribution is -0.138. The molecule has 0 aromatic heterocycles. The Labute approximate surface area is 117 Å². The van der Waals surface area contributed by atoms with Gasteiger partial charge in [0.15, 0.2) is 0 Å². The average Bonchev–Trinajstić information content (AvgIpc) is 2.39. The fourth-order valence-corrected chi connectivity index (χ4v) is 1.76. The Balaban J connectivity index is 2.02. The minimum atomic E-state index is -0.880. The van der Waals surface area contributed by atoms with E-state index in [0.717, 1.165) is 5.75 Å². The number of rotatable bonds is 6. The maximum atomic E-state index is 10.6. The monoisotopic (exact) mass is 272 g/mol. The standard InChI is InChI=1S/C16H16O4/c1-12(10-16(17)18)19-14-8-5-9-15(11-14)20-13-6-3-2-4-7-13/h2-9,11-12H,10H2,1H3,(H,17,18). The van der Waals surface area contributed by atoms with E-state index in [2.05, 4.69) is 0 Å². The first-order chi connectivity index (χ1) is 9.63. The van der Waals surface area contributed by atoms with Crippen LogP contribution in [0.25, 0.3) is 0 Å². The van der Waals surface area contributed by atoms with Gasteiger partial charge in [-0.05, 0) is 31.2 Å². The number of carboxylic acids is 1. The summed E-state index contributed by atoms with van der Waals surface area (Å²) in [6, 6.07) is 16.6. The van der Waals surface area contributed by atoms with E-state index in [4.69, 9.17) is 14.6 Å². The number of carbonyl (C=O) groups is 1. The van der Waals surface area contributed by atoms with Crippen molar-refractivity contribution in [2.24, 2.45) is 0 Å². The second-order valence-electron chi connectivity index (χ2n) is 4.42. The topological polar surface area (TPSA) is 55.8 Å². The molecule has 0 amide bonds. The van der Waals surface area contributed by atoms with Crippen molar-refractivity contribution in [3.8, 4) is 17.2 Å². The van der Waals surface area contributed by atoms with Crippen molar-refractivity contribution in [2.75, 3.05) is 0 Å². The van der Waals surface area contributed by atoms with Crippen molar-refractivity contribution in [3.63, 3.8) is 0 Å². The Hall–Kier alpha value is -2.49. The van der Waals surface area contributed by atoms with Gasteiger partial charge in [0.25, 0.3) is 0 Å². The molecular formula is C16H16O4. The minimum absolute atomic E-state index is 0.0379. The summed E-state index contributed by atoms with van der Waals surface area (Å²) in [5, 5.41) is 8.71. The van der Waals surface area contributed by atoms with Crippen LogP contribution in [-0.2, 0) is 4.79 Å². The molecule has 2 rings (SSSR count). The molecule has 2 aromatic rings. The van der Waals surface area contributed by atoms with Crippen LogP contribution in [0.1, 0.15) is 13.3 Å². The van der Waals surface area contributed by atoms with Gasteiger partial charge in [0.05, 0.1) is 6.42 Å². The van der Waals surface area contributed by atoms with Crippen molar-refractivity contribution >= 4 is 5.97 Å². The molecule has 0 heterocycles. The fraction of sp³-hybridized carbons (Fsp3) is 0.188. The summed E-state index contributed by atoms with van der Waals surface area (Å²) < 4.78 is 11.2. The van der Waals surface area contributed by atoms with Crippen LogP contribution in [0.2, 0.25) is 0 Å². The lowest BCUT2D eigenvalue weighted by atomic mass is 10.2. The third-order valence-electron chi connectivity index (χ3n) is 2.58. The van der Waals surface area contributed by atoms with E-state index in [0.29, 0.717) is 11.5 Å². The van der Waals surface area contributed by atoms with E-state index in [1.807, 2.05) is 36.4 Å². The average molecular weight is 272 g/mol. The lowest BCUT2D eigenvalue weighted by Crippen LogP contribution is -2.16. The van der Waals surface area contributed by atoms with E-state index < -0.39 is 5.97 Å². The second-order valence-corrected chi connectivity index (χ2v) is 4.42. The van der Waals surface area contributed by atoms with Gasteiger partial charge in [-0.2, -0.15) is 0 Å². The summed E-state index contributed by atoms with van der Waals surface area (Å²) in [4.78, 5) is 10.6. The van der Waals surface area contributed by atoms with Crippen LogP contribution in [0, 0.1) is 0 Å². The number of para-hydroxylation sites is 1. The molecule has 0 fully saturated rings. The molecule has 4 heteroatoms.